The smallest absolute Gasteiger partial charge is 0.340 e. The Kier molecular flexibility index (Phi) is 21.7. The highest BCUT2D eigenvalue weighted by Crippen LogP contribution is 2.57. The molecule has 0 saturated carbocycles. The number of rotatable bonds is 25. The van der Waals surface area contributed by atoms with E-state index in [-0.39, 0.29) is 102 Å². The molecule has 4 aliphatic heterocycles. The number of fused-ring (bicyclic) bond motifs is 6. The van der Waals surface area contributed by atoms with Crippen molar-refractivity contribution in [3.63, 3.8) is 0 Å². The van der Waals surface area contributed by atoms with Gasteiger partial charge < -0.3 is 71.2 Å². The molecule has 6 amide bonds. The van der Waals surface area contributed by atoms with Crippen LogP contribution in [0.3, 0.4) is 0 Å². The number of hydrogen-bond acceptors (Lipinski definition) is 14. The van der Waals surface area contributed by atoms with Crippen molar-refractivity contribution in [3.05, 3.63) is 149 Å². The van der Waals surface area contributed by atoms with Crippen LogP contribution in [0.5, 0.6) is 23.0 Å². The van der Waals surface area contributed by atoms with Gasteiger partial charge in [-0.3, -0.25) is 28.8 Å². The third-order valence-corrected chi connectivity index (χ3v) is 18.1. The van der Waals surface area contributed by atoms with Crippen molar-refractivity contribution in [2.75, 3.05) is 65.2 Å². The van der Waals surface area contributed by atoms with Crippen molar-refractivity contribution in [1.82, 2.24) is 46.2 Å². The zero-order chi connectivity index (χ0) is 65.1. The Labute approximate surface area is 538 Å². The van der Waals surface area contributed by atoms with Gasteiger partial charge in [0.1, 0.15) is 35.1 Å². The molecule has 9 rings (SSSR count). The van der Waals surface area contributed by atoms with E-state index in [1.165, 1.54) is 24.3 Å². The molecule has 6 atom stereocenters. The van der Waals surface area contributed by atoms with E-state index in [0.717, 1.165) is 17.5 Å². The van der Waals surface area contributed by atoms with Crippen LogP contribution >= 0.6 is 12.2 Å². The summed E-state index contributed by atoms with van der Waals surface area (Å²) in [6.45, 7) is 11.3. The maximum atomic E-state index is 14.9. The number of benzene rings is 5. The van der Waals surface area contributed by atoms with E-state index in [0.29, 0.717) is 87.2 Å². The predicted molar refractivity (Wildman–Crippen MR) is 349 cm³/mol. The first-order chi connectivity index (χ1) is 43.6. The Balaban J connectivity index is 0.870. The van der Waals surface area contributed by atoms with Gasteiger partial charge in [-0.2, -0.15) is 0 Å². The number of carbonyl (C=O) groups is 7. The van der Waals surface area contributed by atoms with E-state index in [1.807, 2.05) is 91.2 Å². The molecule has 2 saturated heterocycles. The van der Waals surface area contributed by atoms with Gasteiger partial charge in [0, 0.05) is 105 Å². The van der Waals surface area contributed by atoms with Crippen LogP contribution in [0.1, 0.15) is 118 Å². The summed E-state index contributed by atoms with van der Waals surface area (Å²) in [5.74, 6) is -1.77. The molecule has 1 spiro atoms. The minimum absolute atomic E-state index is 0.0650. The van der Waals surface area contributed by atoms with Gasteiger partial charge in [0.15, 0.2) is 10.7 Å². The van der Waals surface area contributed by atoms with E-state index < -0.39 is 53.1 Å². The van der Waals surface area contributed by atoms with Crippen LogP contribution in [0, 0.1) is 5.41 Å². The lowest BCUT2D eigenvalue weighted by Crippen LogP contribution is -2.59. The first-order valence-electron chi connectivity index (χ1n) is 31.6. The van der Waals surface area contributed by atoms with Crippen LogP contribution in [-0.2, 0) is 51.9 Å². The number of likely N-dealkylation sites (tertiary alicyclic amines) is 2. The molecule has 21 nitrogen and oxygen atoms in total. The molecule has 91 heavy (non-hydrogen) atoms. The number of nitrogens with one attached hydrogen (secondary N) is 6. The second-order valence-electron chi connectivity index (χ2n) is 25.2. The van der Waals surface area contributed by atoms with Crippen molar-refractivity contribution in [2.45, 2.75) is 134 Å². The Hall–Kier alpha value is -8.60. The molecule has 2 fully saturated rings. The van der Waals surface area contributed by atoms with Crippen LogP contribution in [0.15, 0.2) is 115 Å². The first kappa shape index (κ1) is 66.8. The van der Waals surface area contributed by atoms with E-state index in [9.17, 15) is 43.8 Å². The van der Waals surface area contributed by atoms with Gasteiger partial charge in [-0.15, -0.1) is 0 Å². The number of phenolic OH excluding ortho intramolecular Hbond substituents is 2. The summed E-state index contributed by atoms with van der Waals surface area (Å²) in [6.07, 6.45) is 4.32. The SMILES string of the molecule is CN[C@@H](C)C(=O)N[C@@H](CNC(=S)Nc1ccc2c(c1)C(=O)OC21c2ccc(O)cc2Oc2cc(O)ccc21)C(=O)N1CCC[C@H]1CN(CCc1ccccc1)C(=O)CCCC(=O)N(CCc1ccccc1)C[C@@H]1CCCN1C(=O)[C@@H](NC(=O)[C@H](C)NC)C(C)(C)C. The maximum Gasteiger partial charge on any atom is 0.340 e. The number of carbonyl (C=O) groups excluding carboxylic acids is 7. The summed E-state index contributed by atoms with van der Waals surface area (Å²) in [4.78, 5) is 106. The average molecular weight is 1260 g/mol. The zero-order valence-electron chi connectivity index (χ0n) is 53.0. The second kappa shape index (κ2) is 29.6. The lowest BCUT2D eigenvalue weighted by Gasteiger charge is -2.37. The highest BCUT2D eigenvalue weighted by molar-refractivity contribution is 7.80. The number of phenols is 2. The van der Waals surface area contributed by atoms with Gasteiger partial charge >= 0.3 is 5.97 Å². The second-order valence-corrected chi connectivity index (χ2v) is 25.6. The molecule has 484 valence electrons. The van der Waals surface area contributed by atoms with Crippen molar-refractivity contribution in [2.24, 2.45) is 5.41 Å². The van der Waals surface area contributed by atoms with Crippen molar-refractivity contribution in [3.8, 4) is 23.0 Å². The summed E-state index contributed by atoms with van der Waals surface area (Å²) in [6, 6.07) is 30.2. The summed E-state index contributed by atoms with van der Waals surface area (Å²) < 4.78 is 12.3. The minimum atomic E-state index is -1.47. The highest BCUT2D eigenvalue weighted by Gasteiger charge is 2.54. The highest BCUT2D eigenvalue weighted by atomic mass is 32.1. The molecule has 0 aromatic heterocycles. The zero-order valence-corrected chi connectivity index (χ0v) is 53.8. The van der Waals surface area contributed by atoms with Gasteiger partial charge in [-0.1, -0.05) is 87.5 Å². The van der Waals surface area contributed by atoms with Gasteiger partial charge in [-0.05, 0) is 138 Å². The topological polar surface area (TPSA) is 264 Å². The number of likely N-dealkylation sites (N-methyl/N-ethyl adjacent to an activating group) is 2. The minimum Gasteiger partial charge on any atom is -0.508 e. The molecular formula is C69H86N10O11S. The van der Waals surface area contributed by atoms with Crippen molar-refractivity contribution >= 4 is 64.4 Å². The van der Waals surface area contributed by atoms with Gasteiger partial charge in [0.05, 0.1) is 17.6 Å². The molecule has 4 aliphatic rings. The molecule has 5 aromatic rings. The van der Waals surface area contributed by atoms with Gasteiger partial charge in [0.25, 0.3) is 0 Å². The normalized spacial score (nSPS) is 17.5. The fourth-order valence-electron chi connectivity index (χ4n) is 12.5. The molecular weight excluding hydrogens is 1180 g/mol. The van der Waals surface area contributed by atoms with Gasteiger partial charge in [0.2, 0.25) is 35.4 Å². The lowest BCUT2D eigenvalue weighted by molar-refractivity contribution is -0.142. The summed E-state index contributed by atoms with van der Waals surface area (Å²) in [7, 11) is 3.34. The van der Waals surface area contributed by atoms with Crippen LogP contribution in [0.2, 0.25) is 0 Å². The average Bonchev–Trinajstić information content (AvgIpc) is 1.62. The Bertz CT molecular complexity index is 3420. The number of nitrogens with zero attached hydrogens (tertiary/aromatic N) is 4. The first-order valence-corrected chi connectivity index (χ1v) is 32.0. The molecule has 0 bridgehead atoms. The van der Waals surface area contributed by atoms with E-state index in [2.05, 4.69) is 31.9 Å². The van der Waals surface area contributed by atoms with Crippen LogP contribution in [0.25, 0.3) is 0 Å². The maximum absolute atomic E-state index is 14.9. The van der Waals surface area contributed by atoms with Crippen LogP contribution < -0.4 is 36.6 Å². The standard InChI is InChI=1S/C69H86N10O11S/c1-43(70-6)62(84)74-56(40-72-67(91)73-47-25-28-53-52(37-47)66(88)90-69(53)54-29-26-50(80)38-57(54)89-58-39-51(81)27-30-55(58)69)64(86)78-33-15-21-48(78)41-76(35-31-45-17-10-8-11-18-45)59(82)23-14-24-60(83)77(36-32-46-19-12-9-13-20-46)42-49-22-16-34-79(49)65(87)61(68(3,4)5)75-63(85)44(2)71-7/h8-13,17-20,25-30,37-39,43-44,48-49,56,61,70-71,80-81H,14-16,21-24,31-36,40-42H2,1-7H3,(H,74,84)(H,75,85)(H2,72,73,91)/t43-,44-,48-,49-,56-,61+/m0/s1. The van der Waals surface area contributed by atoms with E-state index in [1.54, 1.807) is 68.1 Å². The predicted octanol–water partition coefficient (Wildman–Crippen LogP) is 6.48. The fraction of sp³-hybridized carbons (Fsp3) is 0.449. The number of hydrogen-bond donors (Lipinski definition) is 8. The quantitative estimate of drug-likeness (QED) is 0.0230. The number of thiocarbonyl (C=S) groups is 1. The molecule has 0 unspecified atom stereocenters. The summed E-state index contributed by atoms with van der Waals surface area (Å²) in [5, 5.41) is 38.9. The van der Waals surface area contributed by atoms with E-state index >= 15 is 0 Å². The number of amides is 6. The van der Waals surface area contributed by atoms with Crippen molar-refractivity contribution < 1.29 is 53.2 Å². The Morgan fingerprint density at radius 3 is 1.67 bits per heavy atom. The Morgan fingerprint density at radius 2 is 1.16 bits per heavy atom. The van der Waals surface area contributed by atoms with Crippen LogP contribution in [-0.4, -0.2) is 172 Å². The largest absolute Gasteiger partial charge is 0.508 e. The van der Waals surface area contributed by atoms with Gasteiger partial charge in [-0.25, -0.2) is 4.79 Å². The number of anilines is 1. The van der Waals surface area contributed by atoms with Crippen LogP contribution in [0.4, 0.5) is 5.69 Å². The Morgan fingerprint density at radius 1 is 0.670 bits per heavy atom. The number of aromatic hydroxyl groups is 2. The van der Waals surface area contributed by atoms with E-state index in [4.69, 9.17) is 21.7 Å². The third-order valence-electron chi connectivity index (χ3n) is 17.9. The third kappa shape index (κ3) is 15.8. The monoisotopic (exact) mass is 1260 g/mol. The molecule has 22 heteroatoms. The molecule has 4 heterocycles. The molecule has 0 aliphatic carbocycles. The lowest BCUT2D eigenvalue weighted by atomic mass is 9.77. The fourth-order valence-corrected chi connectivity index (χ4v) is 12.7. The molecule has 0 radical (unpaired) electrons. The van der Waals surface area contributed by atoms with Crippen molar-refractivity contribution in [1.29, 1.82) is 0 Å². The summed E-state index contributed by atoms with van der Waals surface area (Å²) in [5.41, 5.74) is 2.15. The number of esters is 1. The molecule has 8 N–H and O–H groups in total. The molecule has 5 aromatic carbocycles. The number of ether oxygens (including phenoxy) is 2. The summed E-state index contributed by atoms with van der Waals surface area (Å²) >= 11 is 5.78.